The summed E-state index contributed by atoms with van der Waals surface area (Å²) in [7, 11) is 0. The van der Waals surface area contributed by atoms with E-state index in [2.05, 4.69) is 82.8 Å². The van der Waals surface area contributed by atoms with Crippen molar-refractivity contribution >= 4 is 41.3 Å². The van der Waals surface area contributed by atoms with Gasteiger partial charge in [0.1, 0.15) is 0 Å². The van der Waals surface area contributed by atoms with E-state index in [0.29, 0.717) is 12.6 Å². The molecule has 0 radical (unpaired) electrons. The molecular formula is C25H36IN5O. The quantitative estimate of drug-likeness (QED) is 0.327. The number of aliphatic imine (C=N–C) groups is 1. The summed E-state index contributed by atoms with van der Waals surface area (Å²) in [5, 5.41) is 7.04. The maximum atomic E-state index is 5.45. The lowest BCUT2D eigenvalue weighted by atomic mass is 10.2. The van der Waals surface area contributed by atoms with Crippen molar-refractivity contribution in [3.63, 3.8) is 0 Å². The van der Waals surface area contributed by atoms with Crippen LogP contribution in [0.1, 0.15) is 24.5 Å². The summed E-state index contributed by atoms with van der Waals surface area (Å²) in [4.78, 5) is 9.67. The van der Waals surface area contributed by atoms with Gasteiger partial charge in [-0.3, -0.25) is 0 Å². The molecule has 0 bridgehead atoms. The highest BCUT2D eigenvalue weighted by Gasteiger charge is 2.23. The van der Waals surface area contributed by atoms with E-state index >= 15 is 0 Å². The fourth-order valence-electron chi connectivity index (χ4n) is 4.19. The van der Waals surface area contributed by atoms with Crippen LogP contribution in [0.25, 0.3) is 0 Å². The molecule has 7 heteroatoms. The number of hydrogen-bond donors (Lipinski definition) is 2. The van der Waals surface area contributed by atoms with E-state index in [4.69, 9.17) is 9.73 Å². The van der Waals surface area contributed by atoms with Gasteiger partial charge in [-0.1, -0.05) is 29.8 Å². The Morgan fingerprint density at radius 3 is 2.31 bits per heavy atom. The lowest BCUT2D eigenvalue weighted by Gasteiger charge is -2.28. The summed E-state index contributed by atoms with van der Waals surface area (Å²) in [6.45, 7) is 11.4. The second-order valence-electron chi connectivity index (χ2n) is 8.37. The third kappa shape index (κ3) is 6.75. The molecule has 0 spiro atoms. The molecular weight excluding hydrogens is 513 g/mol. The number of nitrogens with one attached hydrogen (secondary N) is 2. The van der Waals surface area contributed by atoms with Gasteiger partial charge in [0.25, 0.3) is 0 Å². The van der Waals surface area contributed by atoms with Crippen molar-refractivity contribution in [2.45, 2.75) is 32.9 Å². The minimum Gasteiger partial charge on any atom is -0.378 e. The van der Waals surface area contributed by atoms with Crippen LogP contribution in [-0.2, 0) is 11.3 Å². The third-order valence-electron chi connectivity index (χ3n) is 6.00. The zero-order valence-corrected chi connectivity index (χ0v) is 21.5. The second kappa shape index (κ2) is 12.3. The van der Waals surface area contributed by atoms with E-state index < -0.39 is 0 Å². The summed E-state index contributed by atoms with van der Waals surface area (Å²) in [6.07, 6.45) is 1.12. The third-order valence-corrected chi connectivity index (χ3v) is 6.00. The lowest BCUT2D eigenvalue weighted by Crippen LogP contribution is -2.44. The molecule has 2 aromatic carbocycles. The number of anilines is 2. The number of nitrogens with zero attached hydrogens (tertiary/aromatic N) is 3. The van der Waals surface area contributed by atoms with E-state index in [9.17, 15) is 0 Å². The Morgan fingerprint density at radius 1 is 0.969 bits per heavy atom. The van der Waals surface area contributed by atoms with Crippen molar-refractivity contribution in [3.8, 4) is 0 Å². The summed E-state index contributed by atoms with van der Waals surface area (Å²) in [6, 6.07) is 18.0. The first kappa shape index (κ1) is 24.6. The molecule has 0 aliphatic carbocycles. The fourth-order valence-corrected chi connectivity index (χ4v) is 4.19. The Kier molecular flexibility index (Phi) is 9.47. The van der Waals surface area contributed by atoms with Gasteiger partial charge in [-0.15, -0.1) is 24.0 Å². The van der Waals surface area contributed by atoms with E-state index in [1.807, 2.05) is 0 Å². The molecule has 174 valence electrons. The first-order chi connectivity index (χ1) is 15.2. The van der Waals surface area contributed by atoms with Crippen LogP contribution in [0, 0.1) is 6.92 Å². The van der Waals surface area contributed by atoms with Crippen molar-refractivity contribution in [3.05, 3.63) is 59.7 Å². The molecule has 0 aromatic heterocycles. The number of guanidine groups is 1. The molecule has 2 aliphatic heterocycles. The Labute approximate surface area is 209 Å². The summed E-state index contributed by atoms with van der Waals surface area (Å²) in [5.41, 5.74) is 5.10. The predicted molar refractivity (Wildman–Crippen MR) is 145 cm³/mol. The summed E-state index contributed by atoms with van der Waals surface area (Å²) < 4.78 is 5.45. The van der Waals surface area contributed by atoms with Gasteiger partial charge in [0.2, 0.25) is 0 Å². The summed E-state index contributed by atoms with van der Waals surface area (Å²) >= 11 is 0. The van der Waals surface area contributed by atoms with Crippen molar-refractivity contribution in [2.24, 2.45) is 4.99 Å². The Hall–Kier alpha value is -2.00. The highest BCUT2D eigenvalue weighted by atomic mass is 127. The van der Waals surface area contributed by atoms with Crippen LogP contribution in [0.5, 0.6) is 0 Å². The van der Waals surface area contributed by atoms with E-state index in [0.717, 1.165) is 58.3 Å². The minimum absolute atomic E-state index is 0. The van der Waals surface area contributed by atoms with Crippen LogP contribution >= 0.6 is 24.0 Å². The monoisotopic (exact) mass is 549 g/mol. The number of aryl methyl sites for hydroxylation is 1. The highest BCUT2D eigenvalue weighted by Crippen LogP contribution is 2.21. The number of halogens is 1. The molecule has 2 fully saturated rings. The molecule has 0 amide bonds. The van der Waals surface area contributed by atoms with E-state index in [1.165, 1.54) is 22.5 Å². The average molecular weight is 550 g/mol. The molecule has 1 atom stereocenters. The van der Waals surface area contributed by atoms with Crippen molar-refractivity contribution in [1.29, 1.82) is 0 Å². The predicted octanol–water partition coefficient (Wildman–Crippen LogP) is 3.78. The Bertz CT molecular complexity index is 850. The molecule has 2 aromatic rings. The smallest absolute Gasteiger partial charge is 0.191 e. The minimum atomic E-state index is 0. The van der Waals surface area contributed by atoms with Gasteiger partial charge in [0.05, 0.1) is 19.8 Å². The molecule has 2 heterocycles. The first-order valence-corrected chi connectivity index (χ1v) is 11.5. The zero-order valence-electron chi connectivity index (χ0n) is 19.2. The Morgan fingerprint density at radius 2 is 1.62 bits per heavy atom. The van der Waals surface area contributed by atoms with Gasteiger partial charge < -0.3 is 25.2 Å². The van der Waals surface area contributed by atoms with E-state index in [1.54, 1.807) is 0 Å². The maximum absolute atomic E-state index is 5.45. The molecule has 32 heavy (non-hydrogen) atoms. The largest absolute Gasteiger partial charge is 0.378 e. The number of morpholine rings is 1. The molecule has 4 rings (SSSR count). The molecule has 2 N–H and O–H groups in total. The van der Waals surface area contributed by atoms with Crippen LogP contribution < -0.4 is 20.4 Å². The van der Waals surface area contributed by atoms with Gasteiger partial charge in [0.15, 0.2) is 5.96 Å². The summed E-state index contributed by atoms with van der Waals surface area (Å²) in [5.74, 6) is 0.899. The van der Waals surface area contributed by atoms with Gasteiger partial charge in [0, 0.05) is 50.1 Å². The normalized spacial score (nSPS) is 18.9. The highest BCUT2D eigenvalue weighted by molar-refractivity contribution is 14.0. The topological polar surface area (TPSA) is 52.1 Å². The molecule has 1 unspecified atom stereocenters. The molecule has 2 aliphatic rings. The van der Waals surface area contributed by atoms with Crippen LogP contribution in [0.2, 0.25) is 0 Å². The van der Waals surface area contributed by atoms with Crippen LogP contribution in [0.15, 0.2) is 53.5 Å². The van der Waals surface area contributed by atoms with Crippen LogP contribution in [-0.4, -0.2) is 57.9 Å². The van der Waals surface area contributed by atoms with Crippen molar-refractivity contribution in [2.75, 3.05) is 55.7 Å². The maximum Gasteiger partial charge on any atom is 0.191 e. The number of rotatable bonds is 6. The van der Waals surface area contributed by atoms with Crippen LogP contribution in [0.3, 0.4) is 0 Å². The standard InChI is InChI=1S/C25H35N5O.HI/c1-3-26-25(28-22-12-13-30(19-22)24-8-4-20(2)5-9-24)27-18-21-6-10-23(11-7-21)29-14-16-31-17-15-29;/h4-11,22H,3,12-19H2,1-2H3,(H2,26,27,28);1H. The van der Waals surface area contributed by atoms with Crippen molar-refractivity contribution < 1.29 is 4.74 Å². The molecule has 2 saturated heterocycles. The zero-order chi connectivity index (χ0) is 21.5. The lowest BCUT2D eigenvalue weighted by molar-refractivity contribution is 0.122. The van der Waals surface area contributed by atoms with Crippen LogP contribution in [0.4, 0.5) is 11.4 Å². The van der Waals surface area contributed by atoms with Gasteiger partial charge in [-0.25, -0.2) is 4.99 Å². The van der Waals surface area contributed by atoms with Gasteiger partial charge in [-0.2, -0.15) is 0 Å². The second-order valence-corrected chi connectivity index (χ2v) is 8.37. The van der Waals surface area contributed by atoms with E-state index in [-0.39, 0.29) is 24.0 Å². The molecule has 6 nitrogen and oxygen atoms in total. The average Bonchev–Trinajstić information content (AvgIpc) is 3.27. The number of hydrogen-bond acceptors (Lipinski definition) is 4. The van der Waals surface area contributed by atoms with Gasteiger partial charge >= 0.3 is 0 Å². The van der Waals surface area contributed by atoms with Crippen molar-refractivity contribution in [1.82, 2.24) is 10.6 Å². The number of benzene rings is 2. The molecule has 0 saturated carbocycles. The fraction of sp³-hybridized carbons (Fsp3) is 0.480. The van der Waals surface area contributed by atoms with Gasteiger partial charge in [-0.05, 0) is 50.1 Å². The number of ether oxygens (including phenoxy) is 1. The Balaban J connectivity index is 0.00000289. The first-order valence-electron chi connectivity index (χ1n) is 11.5. The SMILES string of the molecule is CCNC(=NCc1ccc(N2CCOCC2)cc1)NC1CCN(c2ccc(C)cc2)C1.I.